The van der Waals surface area contributed by atoms with Crippen molar-refractivity contribution in [1.82, 2.24) is 10.2 Å². The first-order chi connectivity index (χ1) is 9.86. The van der Waals surface area contributed by atoms with Gasteiger partial charge in [0.15, 0.2) is 0 Å². The lowest BCUT2D eigenvalue weighted by Crippen LogP contribution is -2.43. The third-order valence-electron chi connectivity index (χ3n) is 3.97. The molecule has 0 unspecified atom stereocenters. The SMILES string of the molecule is CC(C)NC(=O)CN1CCC(C[C@@H](C)COC(C)C)CC1. The second-order valence-electron chi connectivity index (χ2n) is 7.16. The zero-order chi connectivity index (χ0) is 15.8. The van der Waals surface area contributed by atoms with Crippen molar-refractivity contribution in [3.63, 3.8) is 0 Å². The van der Waals surface area contributed by atoms with Gasteiger partial charge in [-0.3, -0.25) is 9.69 Å². The van der Waals surface area contributed by atoms with Crippen molar-refractivity contribution in [3.05, 3.63) is 0 Å². The van der Waals surface area contributed by atoms with Gasteiger partial charge in [0.25, 0.3) is 0 Å². The summed E-state index contributed by atoms with van der Waals surface area (Å²) in [5.41, 5.74) is 0. The molecule has 124 valence electrons. The van der Waals surface area contributed by atoms with Crippen LogP contribution in [0.1, 0.15) is 53.9 Å². The molecule has 1 amide bonds. The first-order valence-electron chi connectivity index (χ1n) is 8.50. The number of amides is 1. The lowest BCUT2D eigenvalue weighted by molar-refractivity contribution is -0.123. The minimum Gasteiger partial charge on any atom is -0.379 e. The van der Waals surface area contributed by atoms with E-state index < -0.39 is 0 Å². The monoisotopic (exact) mass is 298 g/mol. The molecule has 0 bridgehead atoms. The molecule has 0 aliphatic carbocycles. The number of nitrogens with one attached hydrogen (secondary N) is 1. The van der Waals surface area contributed by atoms with Crippen molar-refractivity contribution >= 4 is 5.91 Å². The van der Waals surface area contributed by atoms with E-state index in [2.05, 4.69) is 31.0 Å². The molecular weight excluding hydrogens is 264 g/mol. The van der Waals surface area contributed by atoms with Crippen molar-refractivity contribution in [2.45, 2.75) is 66.0 Å². The molecular formula is C17H34N2O2. The molecule has 0 aromatic carbocycles. The Labute approximate surface area is 130 Å². The largest absolute Gasteiger partial charge is 0.379 e. The Bertz CT molecular complexity index is 297. The Morgan fingerprint density at radius 1 is 1.19 bits per heavy atom. The highest BCUT2D eigenvalue weighted by molar-refractivity contribution is 5.78. The van der Waals surface area contributed by atoms with E-state index in [-0.39, 0.29) is 11.9 Å². The van der Waals surface area contributed by atoms with Gasteiger partial charge in [-0.15, -0.1) is 0 Å². The number of carbonyl (C=O) groups is 1. The summed E-state index contributed by atoms with van der Waals surface area (Å²) in [6.45, 7) is 14.0. The van der Waals surface area contributed by atoms with Gasteiger partial charge in [-0.05, 0) is 71.9 Å². The molecule has 0 aromatic heterocycles. The summed E-state index contributed by atoms with van der Waals surface area (Å²) in [5.74, 6) is 1.58. The zero-order valence-corrected chi connectivity index (χ0v) is 14.5. The third-order valence-corrected chi connectivity index (χ3v) is 3.97. The van der Waals surface area contributed by atoms with Gasteiger partial charge in [-0.25, -0.2) is 0 Å². The maximum absolute atomic E-state index is 11.8. The Morgan fingerprint density at radius 3 is 2.33 bits per heavy atom. The normalized spacial score (nSPS) is 19.2. The lowest BCUT2D eigenvalue weighted by Gasteiger charge is -2.32. The molecule has 0 saturated carbocycles. The van der Waals surface area contributed by atoms with Crippen LogP contribution in [0, 0.1) is 11.8 Å². The number of likely N-dealkylation sites (tertiary alicyclic amines) is 1. The van der Waals surface area contributed by atoms with Gasteiger partial charge >= 0.3 is 0 Å². The molecule has 0 radical (unpaired) electrons. The molecule has 21 heavy (non-hydrogen) atoms. The summed E-state index contributed by atoms with van der Waals surface area (Å²) in [5, 5.41) is 2.96. The van der Waals surface area contributed by atoms with Gasteiger partial charge in [0.2, 0.25) is 5.91 Å². The molecule has 1 fully saturated rings. The summed E-state index contributed by atoms with van der Waals surface area (Å²) in [6, 6.07) is 0.233. The van der Waals surface area contributed by atoms with E-state index in [1.807, 2.05) is 13.8 Å². The van der Waals surface area contributed by atoms with Crippen LogP contribution in [0.25, 0.3) is 0 Å². The smallest absolute Gasteiger partial charge is 0.234 e. The van der Waals surface area contributed by atoms with Gasteiger partial charge in [-0.2, -0.15) is 0 Å². The highest BCUT2D eigenvalue weighted by Crippen LogP contribution is 2.24. The first-order valence-corrected chi connectivity index (χ1v) is 8.50. The van der Waals surface area contributed by atoms with Crippen LogP contribution < -0.4 is 5.32 Å². The van der Waals surface area contributed by atoms with E-state index in [4.69, 9.17) is 4.74 Å². The Kier molecular flexibility index (Phi) is 8.27. The molecule has 1 heterocycles. The zero-order valence-electron chi connectivity index (χ0n) is 14.5. The highest BCUT2D eigenvalue weighted by Gasteiger charge is 2.22. The maximum Gasteiger partial charge on any atom is 0.234 e. The van der Waals surface area contributed by atoms with Crippen LogP contribution in [-0.4, -0.2) is 49.2 Å². The fraction of sp³-hybridized carbons (Fsp3) is 0.941. The molecule has 0 spiro atoms. The summed E-state index contributed by atoms with van der Waals surface area (Å²) in [7, 11) is 0. The Hall–Kier alpha value is -0.610. The van der Waals surface area contributed by atoms with Crippen LogP contribution in [0.5, 0.6) is 0 Å². The minimum atomic E-state index is 0.155. The van der Waals surface area contributed by atoms with E-state index in [1.165, 1.54) is 19.3 Å². The lowest BCUT2D eigenvalue weighted by atomic mass is 9.88. The highest BCUT2D eigenvalue weighted by atomic mass is 16.5. The van der Waals surface area contributed by atoms with Gasteiger partial charge < -0.3 is 10.1 Å². The molecule has 1 N–H and O–H groups in total. The van der Waals surface area contributed by atoms with Gasteiger partial charge in [-0.1, -0.05) is 6.92 Å². The Morgan fingerprint density at radius 2 is 1.81 bits per heavy atom. The predicted molar refractivity (Wildman–Crippen MR) is 87.3 cm³/mol. The second-order valence-corrected chi connectivity index (χ2v) is 7.16. The Balaban J connectivity index is 2.18. The second kappa shape index (κ2) is 9.42. The molecule has 1 aliphatic heterocycles. The van der Waals surface area contributed by atoms with Crippen LogP contribution >= 0.6 is 0 Å². The first kappa shape index (κ1) is 18.4. The minimum absolute atomic E-state index is 0.155. The number of rotatable bonds is 8. The number of nitrogens with zero attached hydrogens (tertiary/aromatic N) is 1. The summed E-state index contributed by atoms with van der Waals surface area (Å²) in [6.07, 6.45) is 3.99. The molecule has 1 atom stereocenters. The topological polar surface area (TPSA) is 41.6 Å². The van der Waals surface area contributed by atoms with Crippen molar-refractivity contribution in [2.24, 2.45) is 11.8 Å². The summed E-state index contributed by atoms with van der Waals surface area (Å²) in [4.78, 5) is 14.0. The molecule has 4 heteroatoms. The number of hydrogen-bond donors (Lipinski definition) is 1. The van der Waals surface area contributed by atoms with Crippen LogP contribution in [0.3, 0.4) is 0 Å². The van der Waals surface area contributed by atoms with E-state index in [1.54, 1.807) is 0 Å². The molecule has 1 rings (SSSR count). The van der Waals surface area contributed by atoms with E-state index in [9.17, 15) is 4.79 Å². The molecule has 0 aromatic rings. The quantitative estimate of drug-likeness (QED) is 0.749. The maximum atomic E-state index is 11.8. The van der Waals surface area contributed by atoms with Crippen molar-refractivity contribution in [1.29, 1.82) is 0 Å². The third kappa shape index (κ3) is 8.42. The number of ether oxygens (including phenoxy) is 1. The summed E-state index contributed by atoms with van der Waals surface area (Å²) < 4.78 is 5.69. The van der Waals surface area contributed by atoms with E-state index >= 15 is 0 Å². The molecule has 4 nitrogen and oxygen atoms in total. The number of carbonyl (C=O) groups excluding carboxylic acids is 1. The van der Waals surface area contributed by atoms with Crippen molar-refractivity contribution in [2.75, 3.05) is 26.2 Å². The van der Waals surface area contributed by atoms with Crippen LogP contribution in [0.15, 0.2) is 0 Å². The average molecular weight is 298 g/mol. The van der Waals surface area contributed by atoms with Gasteiger partial charge in [0.05, 0.1) is 12.6 Å². The van der Waals surface area contributed by atoms with E-state index in [0.29, 0.717) is 18.6 Å². The predicted octanol–water partition coefficient (Wildman–Crippen LogP) is 2.67. The average Bonchev–Trinajstić information content (AvgIpc) is 2.37. The van der Waals surface area contributed by atoms with Crippen LogP contribution in [-0.2, 0) is 9.53 Å². The number of hydrogen-bond acceptors (Lipinski definition) is 3. The molecule has 1 saturated heterocycles. The van der Waals surface area contributed by atoms with Gasteiger partial charge in [0.1, 0.15) is 0 Å². The molecule has 1 aliphatic rings. The van der Waals surface area contributed by atoms with Crippen molar-refractivity contribution in [3.8, 4) is 0 Å². The standard InChI is InChI=1S/C17H34N2O2/c1-13(2)18-17(20)11-19-8-6-16(7-9-19)10-15(5)12-21-14(3)4/h13-16H,6-12H2,1-5H3,(H,18,20)/t15-/m1/s1. The van der Waals surface area contributed by atoms with Crippen molar-refractivity contribution < 1.29 is 9.53 Å². The fourth-order valence-corrected chi connectivity index (χ4v) is 2.94. The van der Waals surface area contributed by atoms with Gasteiger partial charge in [0, 0.05) is 12.6 Å². The number of piperidine rings is 1. The van der Waals surface area contributed by atoms with E-state index in [0.717, 1.165) is 25.6 Å². The van der Waals surface area contributed by atoms with Crippen LogP contribution in [0.2, 0.25) is 0 Å². The summed E-state index contributed by atoms with van der Waals surface area (Å²) >= 11 is 0. The fourth-order valence-electron chi connectivity index (χ4n) is 2.94. The van der Waals surface area contributed by atoms with Crippen LogP contribution in [0.4, 0.5) is 0 Å².